The van der Waals surface area contributed by atoms with E-state index in [0.29, 0.717) is 5.92 Å². The fourth-order valence-electron chi connectivity index (χ4n) is 0.864. The van der Waals surface area contributed by atoms with Gasteiger partial charge in [0.05, 0.1) is 5.69 Å². The third-order valence-corrected chi connectivity index (χ3v) is 2.46. The van der Waals surface area contributed by atoms with Gasteiger partial charge in [0.25, 0.3) is 0 Å². The summed E-state index contributed by atoms with van der Waals surface area (Å²) in [5, 5.41) is 6.46. The van der Waals surface area contributed by atoms with Gasteiger partial charge in [-0.1, -0.05) is 20.8 Å². The van der Waals surface area contributed by atoms with Crippen molar-refractivity contribution in [1.82, 2.24) is 4.98 Å². The molecule has 1 N–H and O–H groups in total. The monoisotopic (exact) mass is 184 g/mol. The second-order valence-electron chi connectivity index (χ2n) is 3.16. The molecule has 12 heavy (non-hydrogen) atoms. The minimum Gasteiger partial charge on any atom is -0.362 e. The quantitative estimate of drug-likeness (QED) is 0.777. The Labute approximate surface area is 78.0 Å². The zero-order chi connectivity index (χ0) is 8.97. The van der Waals surface area contributed by atoms with E-state index in [9.17, 15) is 0 Å². The summed E-state index contributed by atoms with van der Waals surface area (Å²) in [4.78, 5) is 4.45. The van der Waals surface area contributed by atoms with E-state index in [0.717, 1.165) is 18.1 Å². The van der Waals surface area contributed by atoms with Crippen LogP contribution in [-0.2, 0) is 0 Å². The van der Waals surface area contributed by atoms with Gasteiger partial charge >= 0.3 is 0 Å². The van der Waals surface area contributed by atoms with E-state index < -0.39 is 0 Å². The molecule has 0 unspecified atom stereocenters. The molecule has 0 aliphatic heterocycles. The van der Waals surface area contributed by atoms with Crippen LogP contribution in [0.4, 0.5) is 5.13 Å². The van der Waals surface area contributed by atoms with Crippen molar-refractivity contribution in [1.29, 1.82) is 0 Å². The predicted octanol–water partition coefficient (Wildman–Crippen LogP) is 3.09. The minimum absolute atomic E-state index is 0.540. The van der Waals surface area contributed by atoms with Gasteiger partial charge in [-0.25, -0.2) is 4.98 Å². The highest BCUT2D eigenvalue weighted by molar-refractivity contribution is 7.13. The number of aromatic nitrogens is 1. The Morgan fingerprint density at radius 2 is 2.33 bits per heavy atom. The number of hydrogen-bond acceptors (Lipinski definition) is 3. The van der Waals surface area contributed by atoms with Crippen LogP contribution in [-0.4, -0.2) is 11.5 Å². The summed E-state index contributed by atoms with van der Waals surface area (Å²) < 4.78 is 0. The van der Waals surface area contributed by atoms with E-state index in [2.05, 4.69) is 36.5 Å². The number of anilines is 1. The zero-order valence-electron chi connectivity index (χ0n) is 7.92. The van der Waals surface area contributed by atoms with Crippen molar-refractivity contribution in [3.63, 3.8) is 0 Å². The van der Waals surface area contributed by atoms with E-state index >= 15 is 0 Å². The number of rotatable bonds is 4. The molecule has 0 aliphatic carbocycles. The normalized spacial score (nSPS) is 10.7. The van der Waals surface area contributed by atoms with Crippen molar-refractivity contribution in [2.75, 3.05) is 11.9 Å². The fraction of sp³-hybridized carbons (Fsp3) is 0.667. The van der Waals surface area contributed by atoms with E-state index in [4.69, 9.17) is 0 Å². The molecular weight excluding hydrogens is 168 g/mol. The number of thiazole rings is 1. The summed E-state index contributed by atoms with van der Waals surface area (Å²) in [6.45, 7) is 7.51. The molecule has 0 aromatic carbocycles. The standard InChI is InChI=1S/C9H16N2S/c1-4-5-10-9-11-8(6-12-9)7(2)3/h6-7H,4-5H2,1-3H3,(H,10,11). The van der Waals surface area contributed by atoms with Crippen LogP contribution < -0.4 is 5.32 Å². The zero-order valence-corrected chi connectivity index (χ0v) is 8.74. The molecule has 0 spiro atoms. The highest BCUT2D eigenvalue weighted by Gasteiger charge is 2.03. The van der Waals surface area contributed by atoms with Crippen LogP contribution in [0.25, 0.3) is 0 Å². The van der Waals surface area contributed by atoms with Gasteiger partial charge in [0.15, 0.2) is 5.13 Å². The van der Waals surface area contributed by atoms with Crippen LogP contribution in [0.15, 0.2) is 5.38 Å². The topological polar surface area (TPSA) is 24.9 Å². The van der Waals surface area contributed by atoms with Crippen LogP contribution in [0.2, 0.25) is 0 Å². The Balaban J connectivity index is 2.52. The van der Waals surface area contributed by atoms with Crippen LogP contribution in [0.5, 0.6) is 0 Å². The molecule has 0 saturated carbocycles. The highest BCUT2D eigenvalue weighted by Crippen LogP contribution is 2.20. The van der Waals surface area contributed by atoms with Gasteiger partial charge in [0.1, 0.15) is 0 Å². The van der Waals surface area contributed by atoms with Crippen molar-refractivity contribution in [2.24, 2.45) is 0 Å². The van der Waals surface area contributed by atoms with Gasteiger partial charge in [-0.2, -0.15) is 0 Å². The molecule has 0 saturated heterocycles. The van der Waals surface area contributed by atoms with E-state index in [1.165, 1.54) is 5.69 Å². The van der Waals surface area contributed by atoms with Gasteiger partial charge in [-0.05, 0) is 12.3 Å². The summed E-state index contributed by atoms with van der Waals surface area (Å²) in [7, 11) is 0. The Kier molecular flexibility index (Phi) is 3.53. The molecule has 0 aliphatic rings. The maximum absolute atomic E-state index is 4.45. The van der Waals surface area contributed by atoms with Crippen molar-refractivity contribution in [3.05, 3.63) is 11.1 Å². The SMILES string of the molecule is CCCNc1nc(C(C)C)cs1. The van der Waals surface area contributed by atoms with Crippen LogP contribution in [0.1, 0.15) is 38.8 Å². The van der Waals surface area contributed by atoms with Gasteiger partial charge in [0.2, 0.25) is 0 Å². The molecule has 3 heteroatoms. The van der Waals surface area contributed by atoms with Crippen LogP contribution >= 0.6 is 11.3 Å². The van der Waals surface area contributed by atoms with E-state index in [1.54, 1.807) is 11.3 Å². The summed E-state index contributed by atoms with van der Waals surface area (Å²) in [6.07, 6.45) is 1.15. The number of nitrogens with one attached hydrogen (secondary N) is 1. The summed E-state index contributed by atoms with van der Waals surface area (Å²) in [6, 6.07) is 0. The predicted molar refractivity (Wildman–Crippen MR) is 55.0 cm³/mol. The van der Waals surface area contributed by atoms with Crippen molar-refractivity contribution < 1.29 is 0 Å². The lowest BCUT2D eigenvalue weighted by Gasteiger charge is -1.99. The molecule has 2 nitrogen and oxygen atoms in total. The molecular formula is C9H16N2S. The minimum atomic E-state index is 0.540. The summed E-state index contributed by atoms with van der Waals surface area (Å²) in [5.74, 6) is 0.540. The third-order valence-electron chi connectivity index (χ3n) is 1.64. The van der Waals surface area contributed by atoms with Gasteiger partial charge in [0, 0.05) is 11.9 Å². The lowest BCUT2D eigenvalue weighted by molar-refractivity contribution is 0.832. The lowest BCUT2D eigenvalue weighted by Crippen LogP contribution is -1.99. The largest absolute Gasteiger partial charge is 0.362 e. The van der Waals surface area contributed by atoms with Crippen molar-refractivity contribution in [2.45, 2.75) is 33.1 Å². The fourth-order valence-corrected chi connectivity index (χ4v) is 1.77. The first-order chi connectivity index (χ1) is 5.74. The molecule has 0 fully saturated rings. The molecule has 0 bridgehead atoms. The van der Waals surface area contributed by atoms with E-state index in [1.807, 2.05) is 0 Å². The van der Waals surface area contributed by atoms with Crippen LogP contribution in [0.3, 0.4) is 0 Å². The lowest BCUT2D eigenvalue weighted by atomic mass is 10.2. The second kappa shape index (κ2) is 4.45. The van der Waals surface area contributed by atoms with E-state index in [-0.39, 0.29) is 0 Å². The molecule has 1 rings (SSSR count). The maximum Gasteiger partial charge on any atom is 0.182 e. The molecule has 1 aromatic rings. The Bertz CT molecular complexity index is 230. The third kappa shape index (κ3) is 2.48. The summed E-state index contributed by atoms with van der Waals surface area (Å²) >= 11 is 1.70. The molecule has 68 valence electrons. The molecule has 0 atom stereocenters. The first kappa shape index (κ1) is 9.52. The molecule has 0 radical (unpaired) electrons. The average molecular weight is 184 g/mol. The number of nitrogens with zero attached hydrogens (tertiary/aromatic N) is 1. The second-order valence-corrected chi connectivity index (χ2v) is 4.02. The average Bonchev–Trinajstić information content (AvgIpc) is 2.48. The Morgan fingerprint density at radius 3 is 2.83 bits per heavy atom. The van der Waals surface area contributed by atoms with Gasteiger partial charge < -0.3 is 5.32 Å². The van der Waals surface area contributed by atoms with Gasteiger partial charge in [-0.15, -0.1) is 11.3 Å². The molecule has 1 heterocycles. The molecule has 1 aromatic heterocycles. The van der Waals surface area contributed by atoms with Crippen molar-refractivity contribution in [3.8, 4) is 0 Å². The van der Waals surface area contributed by atoms with Gasteiger partial charge in [-0.3, -0.25) is 0 Å². The Hall–Kier alpha value is -0.570. The summed E-state index contributed by atoms with van der Waals surface area (Å²) in [5.41, 5.74) is 1.19. The Morgan fingerprint density at radius 1 is 1.58 bits per heavy atom. The van der Waals surface area contributed by atoms with Crippen molar-refractivity contribution >= 4 is 16.5 Å². The number of hydrogen-bond donors (Lipinski definition) is 1. The maximum atomic E-state index is 4.45. The van der Waals surface area contributed by atoms with Crippen LogP contribution in [0, 0.1) is 0 Å². The first-order valence-electron chi connectivity index (χ1n) is 4.43. The smallest absolute Gasteiger partial charge is 0.182 e. The first-order valence-corrected chi connectivity index (χ1v) is 5.31. The molecule has 0 amide bonds. The highest BCUT2D eigenvalue weighted by atomic mass is 32.1.